The monoisotopic (exact) mass is 192 g/mol. The molecule has 0 aliphatic carbocycles. The zero-order chi connectivity index (χ0) is 10.3. The minimum Gasteiger partial charge on any atom is -0.381 e. The summed E-state index contributed by atoms with van der Waals surface area (Å²) in [5.74, 6) is 1.06. The second-order valence-corrected chi connectivity index (χ2v) is 3.29. The molecule has 0 amide bonds. The van der Waals surface area contributed by atoms with E-state index in [1.807, 2.05) is 25.6 Å². The molecule has 2 rings (SSSR count). The van der Waals surface area contributed by atoms with E-state index in [0.29, 0.717) is 11.6 Å². The van der Waals surface area contributed by atoms with Crippen LogP contribution in [0.5, 0.6) is 0 Å². The Labute approximate surface area is 81.5 Å². The predicted molar refractivity (Wildman–Crippen MR) is 52.6 cm³/mol. The van der Waals surface area contributed by atoms with Crippen molar-refractivity contribution < 1.29 is 4.52 Å². The van der Waals surface area contributed by atoms with Crippen LogP contribution in [-0.2, 0) is 7.05 Å². The van der Waals surface area contributed by atoms with Gasteiger partial charge in [-0.25, -0.2) is 0 Å². The summed E-state index contributed by atoms with van der Waals surface area (Å²) < 4.78 is 6.91. The molecule has 0 atom stereocenters. The summed E-state index contributed by atoms with van der Waals surface area (Å²) in [5, 5.41) is 7.93. The molecule has 5 nitrogen and oxygen atoms in total. The Bertz CT molecular complexity index is 469. The van der Waals surface area contributed by atoms with Crippen molar-refractivity contribution in [3.8, 4) is 11.3 Å². The van der Waals surface area contributed by atoms with Crippen LogP contribution in [0.2, 0.25) is 0 Å². The Hall–Kier alpha value is -1.78. The number of anilines is 1. The van der Waals surface area contributed by atoms with Crippen LogP contribution >= 0.6 is 0 Å². The number of nitrogens with zero attached hydrogens (tertiary/aromatic N) is 3. The average Bonchev–Trinajstić information content (AvgIpc) is 2.60. The first kappa shape index (κ1) is 8.80. The summed E-state index contributed by atoms with van der Waals surface area (Å²) in [4.78, 5) is 0. The number of nitrogens with two attached hydrogens (primary N) is 1. The van der Waals surface area contributed by atoms with E-state index in [4.69, 9.17) is 10.3 Å². The highest BCUT2D eigenvalue weighted by Crippen LogP contribution is 2.27. The Morgan fingerprint density at radius 1 is 1.43 bits per heavy atom. The van der Waals surface area contributed by atoms with Gasteiger partial charge in [-0.15, -0.1) is 0 Å². The number of rotatable bonds is 1. The second kappa shape index (κ2) is 2.87. The highest BCUT2D eigenvalue weighted by molar-refractivity contribution is 5.65. The van der Waals surface area contributed by atoms with E-state index < -0.39 is 0 Å². The number of hydrogen-bond donors (Lipinski definition) is 1. The topological polar surface area (TPSA) is 69.9 Å². The largest absolute Gasteiger partial charge is 0.381 e. The van der Waals surface area contributed by atoms with Gasteiger partial charge in [-0.2, -0.15) is 5.10 Å². The quantitative estimate of drug-likeness (QED) is 0.738. The molecule has 0 saturated carbocycles. The lowest BCUT2D eigenvalue weighted by Gasteiger charge is -1.95. The van der Waals surface area contributed by atoms with Crippen LogP contribution < -0.4 is 5.73 Å². The zero-order valence-corrected chi connectivity index (χ0v) is 8.40. The standard InChI is InChI=1S/C9H12N4O/c1-5-9(6(2)13(3)11-5)7-4-8(10)12-14-7/h4H,1-3H3,(H2,10,12). The molecule has 0 aliphatic rings. The SMILES string of the molecule is Cc1nn(C)c(C)c1-c1cc(N)no1. The van der Waals surface area contributed by atoms with Gasteiger partial charge in [0, 0.05) is 18.8 Å². The normalized spacial score (nSPS) is 10.8. The lowest BCUT2D eigenvalue weighted by Crippen LogP contribution is -1.92. The van der Waals surface area contributed by atoms with Gasteiger partial charge in [-0.3, -0.25) is 4.68 Å². The molecular weight excluding hydrogens is 180 g/mol. The van der Waals surface area contributed by atoms with Gasteiger partial charge in [0.2, 0.25) is 0 Å². The lowest BCUT2D eigenvalue weighted by molar-refractivity contribution is 0.435. The Morgan fingerprint density at radius 3 is 2.57 bits per heavy atom. The van der Waals surface area contributed by atoms with Crippen LogP contribution in [0.15, 0.2) is 10.6 Å². The smallest absolute Gasteiger partial charge is 0.172 e. The molecule has 0 fully saturated rings. The predicted octanol–water partition coefficient (Wildman–Crippen LogP) is 1.27. The molecule has 14 heavy (non-hydrogen) atoms. The molecule has 2 N–H and O–H groups in total. The van der Waals surface area contributed by atoms with Crippen LogP contribution in [-0.4, -0.2) is 14.9 Å². The summed E-state index contributed by atoms with van der Waals surface area (Å²) in [6, 6.07) is 1.71. The second-order valence-electron chi connectivity index (χ2n) is 3.29. The third-order valence-corrected chi connectivity index (χ3v) is 2.28. The van der Waals surface area contributed by atoms with Crippen LogP contribution in [0.1, 0.15) is 11.4 Å². The van der Waals surface area contributed by atoms with Crippen molar-refractivity contribution in [2.75, 3.05) is 5.73 Å². The van der Waals surface area contributed by atoms with Crippen LogP contribution in [0.3, 0.4) is 0 Å². The zero-order valence-electron chi connectivity index (χ0n) is 8.40. The fraction of sp³-hybridized carbons (Fsp3) is 0.333. The Morgan fingerprint density at radius 2 is 2.14 bits per heavy atom. The van der Waals surface area contributed by atoms with Gasteiger partial charge in [0.05, 0.1) is 11.3 Å². The highest BCUT2D eigenvalue weighted by atomic mass is 16.5. The fourth-order valence-electron chi connectivity index (χ4n) is 1.54. The molecule has 2 aromatic rings. The third-order valence-electron chi connectivity index (χ3n) is 2.28. The van der Waals surface area contributed by atoms with E-state index in [1.54, 1.807) is 6.07 Å². The molecule has 2 heterocycles. The molecule has 74 valence electrons. The number of hydrogen-bond acceptors (Lipinski definition) is 4. The van der Waals surface area contributed by atoms with Gasteiger partial charge in [0.15, 0.2) is 11.6 Å². The van der Waals surface area contributed by atoms with Crippen LogP contribution in [0.4, 0.5) is 5.82 Å². The van der Waals surface area contributed by atoms with E-state index in [2.05, 4.69) is 10.3 Å². The van der Waals surface area contributed by atoms with Gasteiger partial charge in [-0.1, -0.05) is 5.16 Å². The average molecular weight is 192 g/mol. The molecule has 0 spiro atoms. The van der Waals surface area contributed by atoms with Gasteiger partial charge in [-0.05, 0) is 13.8 Å². The van der Waals surface area contributed by atoms with Crippen molar-refractivity contribution in [3.05, 3.63) is 17.5 Å². The van der Waals surface area contributed by atoms with Crippen LogP contribution in [0, 0.1) is 13.8 Å². The first-order valence-electron chi connectivity index (χ1n) is 4.32. The third kappa shape index (κ3) is 1.17. The molecule has 0 aliphatic heterocycles. The molecular formula is C9H12N4O. The van der Waals surface area contributed by atoms with Gasteiger partial charge < -0.3 is 10.3 Å². The van der Waals surface area contributed by atoms with Crippen molar-refractivity contribution in [1.29, 1.82) is 0 Å². The maximum Gasteiger partial charge on any atom is 0.172 e. The number of aromatic nitrogens is 3. The summed E-state index contributed by atoms with van der Waals surface area (Å²) in [6.45, 7) is 3.91. The van der Waals surface area contributed by atoms with Crippen molar-refractivity contribution in [1.82, 2.24) is 14.9 Å². The molecule has 0 aromatic carbocycles. The molecule has 2 aromatic heterocycles. The van der Waals surface area contributed by atoms with Gasteiger partial charge in [0.1, 0.15) is 0 Å². The maximum absolute atomic E-state index is 5.49. The molecule has 5 heteroatoms. The van der Waals surface area contributed by atoms with E-state index in [-0.39, 0.29) is 0 Å². The highest BCUT2D eigenvalue weighted by Gasteiger charge is 2.15. The van der Waals surface area contributed by atoms with Crippen molar-refractivity contribution in [2.45, 2.75) is 13.8 Å². The lowest BCUT2D eigenvalue weighted by atomic mass is 10.1. The van der Waals surface area contributed by atoms with E-state index >= 15 is 0 Å². The summed E-state index contributed by atoms with van der Waals surface area (Å²) >= 11 is 0. The number of nitrogen functional groups attached to an aromatic ring is 1. The molecule has 0 saturated heterocycles. The molecule has 0 unspecified atom stereocenters. The number of aryl methyl sites for hydroxylation is 2. The van der Waals surface area contributed by atoms with Crippen LogP contribution in [0.25, 0.3) is 11.3 Å². The fourth-order valence-corrected chi connectivity index (χ4v) is 1.54. The minimum atomic E-state index is 0.391. The van der Waals surface area contributed by atoms with Gasteiger partial charge in [0.25, 0.3) is 0 Å². The van der Waals surface area contributed by atoms with Gasteiger partial charge >= 0.3 is 0 Å². The summed E-state index contributed by atoms with van der Waals surface area (Å²) in [7, 11) is 1.89. The molecule has 0 bridgehead atoms. The first-order valence-corrected chi connectivity index (χ1v) is 4.32. The Kier molecular flexibility index (Phi) is 1.80. The van der Waals surface area contributed by atoms with E-state index in [9.17, 15) is 0 Å². The summed E-state index contributed by atoms with van der Waals surface area (Å²) in [5.41, 5.74) is 8.42. The van der Waals surface area contributed by atoms with E-state index in [0.717, 1.165) is 17.0 Å². The van der Waals surface area contributed by atoms with Crippen molar-refractivity contribution >= 4 is 5.82 Å². The maximum atomic E-state index is 5.49. The van der Waals surface area contributed by atoms with Crippen molar-refractivity contribution in [2.24, 2.45) is 7.05 Å². The first-order chi connectivity index (χ1) is 6.59. The van der Waals surface area contributed by atoms with Crippen molar-refractivity contribution in [3.63, 3.8) is 0 Å². The molecule has 0 radical (unpaired) electrons. The Balaban J connectivity index is 2.61. The summed E-state index contributed by atoms with van der Waals surface area (Å²) in [6.07, 6.45) is 0. The minimum absolute atomic E-state index is 0.391. The van der Waals surface area contributed by atoms with E-state index in [1.165, 1.54) is 0 Å².